The number of aliphatic imine (C=N–C) groups is 1. The molecule has 1 aromatic rings. The fourth-order valence-corrected chi connectivity index (χ4v) is 1.41. The zero-order valence-corrected chi connectivity index (χ0v) is 10.7. The van der Waals surface area contributed by atoms with Crippen LogP contribution in [0, 0.1) is 11.3 Å². The highest BCUT2D eigenvalue weighted by molar-refractivity contribution is 5.95. The minimum absolute atomic E-state index is 0.598. The van der Waals surface area contributed by atoms with Crippen molar-refractivity contribution in [1.82, 2.24) is 0 Å². The van der Waals surface area contributed by atoms with E-state index in [1.807, 2.05) is 37.1 Å². The van der Waals surface area contributed by atoms with E-state index in [1.54, 1.807) is 19.2 Å². The van der Waals surface area contributed by atoms with Gasteiger partial charge in [0.05, 0.1) is 5.84 Å². The maximum atomic E-state index is 10.8. The number of benzene rings is 1. The average Bonchev–Trinajstić information content (AvgIpc) is 2.43. The summed E-state index contributed by atoms with van der Waals surface area (Å²) in [6.45, 7) is 1.91. The van der Waals surface area contributed by atoms with E-state index in [9.17, 15) is 4.79 Å². The summed E-state index contributed by atoms with van der Waals surface area (Å²) in [5, 5.41) is 8.55. The lowest BCUT2D eigenvalue weighted by Gasteiger charge is -2.18. The first-order valence-electron chi connectivity index (χ1n) is 5.37. The Morgan fingerprint density at radius 2 is 2.06 bits per heavy atom. The Hall–Kier alpha value is -2.48. The van der Waals surface area contributed by atoms with Gasteiger partial charge >= 0.3 is 6.41 Å². The first-order chi connectivity index (χ1) is 8.63. The Labute approximate surface area is 106 Å². The van der Waals surface area contributed by atoms with Crippen LogP contribution in [0.25, 0.3) is 0 Å². The molecular formula is C13H15N4O+. The largest absolute Gasteiger partial charge is 0.381 e. The first-order valence-corrected chi connectivity index (χ1v) is 5.37. The van der Waals surface area contributed by atoms with Gasteiger partial charge in [-0.1, -0.05) is 0 Å². The molecule has 0 spiro atoms. The van der Waals surface area contributed by atoms with Gasteiger partial charge in [0.15, 0.2) is 6.07 Å². The van der Waals surface area contributed by atoms with E-state index in [2.05, 4.69) is 4.99 Å². The molecule has 0 unspecified atom stereocenters. The Bertz CT molecular complexity index is 523. The van der Waals surface area contributed by atoms with Crippen molar-refractivity contribution in [1.29, 1.82) is 5.26 Å². The summed E-state index contributed by atoms with van der Waals surface area (Å²) in [5.41, 5.74) is 1.61. The summed E-state index contributed by atoms with van der Waals surface area (Å²) >= 11 is 0. The number of nitriles is 1. The Balaban J connectivity index is 3.04. The lowest BCUT2D eigenvalue weighted by molar-refractivity contribution is -0.342. The third kappa shape index (κ3) is 3.01. The number of anilines is 1. The molecule has 0 bridgehead atoms. The molecule has 1 amide bonds. The number of amides is 1. The number of carbonyl (C=O) groups is 1. The highest BCUT2D eigenvalue weighted by Gasteiger charge is 2.09. The molecule has 0 saturated carbocycles. The second-order valence-electron chi connectivity index (χ2n) is 3.62. The Morgan fingerprint density at radius 1 is 1.44 bits per heavy atom. The highest BCUT2D eigenvalue weighted by Crippen LogP contribution is 2.18. The number of hydrogen-bond donors (Lipinski definition) is 0. The summed E-state index contributed by atoms with van der Waals surface area (Å²) in [6, 6.07) is 9.11. The Kier molecular flexibility index (Phi) is 4.76. The van der Waals surface area contributed by atoms with Gasteiger partial charge in [0.1, 0.15) is 0 Å². The van der Waals surface area contributed by atoms with Crippen LogP contribution < -0.4 is 4.90 Å². The molecule has 0 aliphatic heterocycles. The van der Waals surface area contributed by atoms with Gasteiger partial charge in [0.2, 0.25) is 5.69 Å². The summed E-state index contributed by atoms with van der Waals surface area (Å²) in [5.74, 6) is 0.888. The number of amidine groups is 1. The van der Waals surface area contributed by atoms with Crippen LogP contribution in [0.2, 0.25) is 0 Å². The normalized spacial score (nSPS) is 11.9. The molecule has 1 rings (SSSR count). The van der Waals surface area contributed by atoms with E-state index in [0.29, 0.717) is 12.1 Å². The van der Waals surface area contributed by atoms with E-state index in [-0.39, 0.29) is 0 Å². The fraction of sp³-hybridized carbons (Fsp3) is 0.231. The van der Waals surface area contributed by atoms with Crippen molar-refractivity contribution in [2.75, 3.05) is 19.0 Å². The number of carbonyl (C=O) groups excluding carboxylic acids is 1. The quantitative estimate of drug-likeness (QED) is 0.350. The van der Waals surface area contributed by atoms with Crippen LogP contribution in [0.15, 0.2) is 29.3 Å². The smallest absolute Gasteiger partial charge is 0.334 e. The van der Waals surface area contributed by atoms with Crippen molar-refractivity contribution in [3.05, 3.63) is 24.3 Å². The molecule has 0 aliphatic rings. The fourth-order valence-electron chi connectivity index (χ4n) is 1.41. The molecule has 92 valence electrons. The van der Waals surface area contributed by atoms with Crippen molar-refractivity contribution in [3.63, 3.8) is 0 Å². The van der Waals surface area contributed by atoms with E-state index >= 15 is 0 Å². The van der Waals surface area contributed by atoms with Gasteiger partial charge in [-0.2, -0.15) is 5.26 Å². The number of hydrogen-bond acceptors (Lipinski definition) is 3. The van der Waals surface area contributed by atoms with Crippen LogP contribution in [0.1, 0.15) is 6.92 Å². The van der Waals surface area contributed by atoms with Crippen LogP contribution in [0.4, 0.5) is 11.4 Å². The van der Waals surface area contributed by atoms with Crippen molar-refractivity contribution >= 4 is 29.8 Å². The Morgan fingerprint density at radius 3 is 2.50 bits per heavy atom. The van der Waals surface area contributed by atoms with Crippen LogP contribution in [-0.2, 0) is 4.79 Å². The number of nitrogens with zero attached hydrogens (tertiary/aromatic N) is 4. The SMILES string of the molecule is CN=C(C)N(C)c1ccc([N+](C=O)=CC#N)cc1. The van der Waals surface area contributed by atoms with Crippen molar-refractivity contribution in [3.8, 4) is 6.07 Å². The maximum Gasteiger partial charge on any atom is 0.381 e. The molecular weight excluding hydrogens is 228 g/mol. The topological polar surface area (TPSA) is 59.5 Å². The summed E-state index contributed by atoms with van der Waals surface area (Å²) < 4.78 is 1.23. The highest BCUT2D eigenvalue weighted by atomic mass is 16.1. The zero-order chi connectivity index (χ0) is 13.5. The molecule has 0 radical (unpaired) electrons. The molecule has 5 heteroatoms. The molecule has 0 atom stereocenters. The molecule has 0 N–H and O–H groups in total. The second-order valence-corrected chi connectivity index (χ2v) is 3.62. The predicted octanol–water partition coefficient (Wildman–Crippen LogP) is 1.57. The van der Waals surface area contributed by atoms with Crippen molar-refractivity contribution < 1.29 is 9.37 Å². The van der Waals surface area contributed by atoms with Gasteiger partial charge in [0, 0.05) is 31.9 Å². The summed E-state index contributed by atoms with van der Waals surface area (Å²) in [6.07, 6.45) is 1.76. The second kappa shape index (κ2) is 6.30. The van der Waals surface area contributed by atoms with Crippen LogP contribution in [0.3, 0.4) is 0 Å². The average molecular weight is 243 g/mol. The van der Waals surface area contributed by atoms with Gasteiger partial charge in [-0.15, -0.1) is 4.58 Å². The minimum atomic E-state index is 0.598. The standard InChI is InChI=1S/C13H15N4O/c1-11(15-2)16(3)12-4-6-13(7-5-12)17(10-18)9-8-14/h4-7,9-10H,1-3H3/q+1. The van der Waals surface area contributed by atoms with E-state index in [1.165, 1.54) is 4.58 Å². The van der Waals surface area contributed by atoms with Crippen molar-refractivity contribution in [2.45, 2.75) is 6.92 Å². The molecule has 5 nitrogen and oxygen atoms in total. The van der Waals surface area contributed by atoms with Crippen LogP contribution >= 0.6 is 0 Å². The van der Waals surface area contributed by atoms with Crippen LogP contribution in [-0.4, -0.2) is 37.1 Å². The first kappa shape index (κ1) is 13.6. The van der Waals surface area contributed by atoms with Gasteiger partial charge in [0.25, 0.3) is 6.21 Å². The third-order valence-electron chi connectivity index (χ3n) is 2.65. The summed E-state index contributed by atoms with van der Waals surface area (Å²) in [7, 11) is 3.65. The van der Waals surface area contributed by atoms with Gasteiger partial charge in [-0.3, -0.25) is 4.99 Å². The van der Waals surface area contributed by atoms with E-state index in [4.69, 9.17) is 5.26 Å². The third-order valence-corrected chi connectivity index (χ3v) is 2.65. The van der Waals surface area contributed by atoms with E-state index in [0.717, 1.165) is 17.7 Å². The summed E-state index contributed by atoms with van der Waals surface area (Å²) in [4.78, 5) is 16.8. The van der Waals surface area contributed by atoms with Crippen LogP contribution in [0.5, 0.6) is 0 Å². The van der Waals surface area contributed by atoms with Gasteiger partial charge < -0.3 is 4.90 Å². The zero-order valence-electron chi connectivity index (χ0n) is 10.7. The monoisotopic (exact) mass is 243 g/mol. The predicted molar refractivity (Wildman–Crippen MR) is 71.5 cm³/mol. The lowest BCUT2D eigenvalue weighted by atomic mass is 10.2. The molecule has 1 aromatic carbocycles. The maximum absolute atomic E-state index is 10.8. The van der Waals surface area contributed by atoms with Gasteiger partial charge in [-0.05, 0) is 19.1 Å². The van der Waals surface area contributed by atoms with Crippen molar-refractivity contribution in [2.24, 2.45) is 4.99 Å². The molecule has 0 fully saturated rings. The van der Waals surface area contributed by atoms with E-state index < -0.39 is 0 Å². The number of rotatable bonds is 3. The molecule has 0 saturated heterocycles. The lowest BCUT2D eigenvalue weighted by Crippen LogP contribution is -2.23. The minimum Gasteiger partial charge on any atom is -0.334 e. The van der Waals surface area contributed by atoms with Gasteiger partial charge in [-0.25, -0.2) is 4.79 Å². The molecule has 0 aliphatic carbocycles. The molecule has 0 aromatic heterocycles. The molecule has 0 heterocycles. The molecule has 18 heavy (non-hydrogen) atoms.